The number of alkyl halides is 3. The van der Waals surface area contributed by atoms with Crippen molar-refractivity contribution >= 4 is 5.91 Å². The lowest BCUT2D eigenvalue weighted by Gasteiger charge is -2.38. The summed E-state index contributed by atoms with van der Waals surface area (Å²) < 4.78 is 43.7. The van der Waals surface area contributed by atoms with Crippen LogP contribution in [0.5, 0.6) is 0 Å². The average Bonchev–Trinajstić information content (AvgIpc) is 3.06. The molecule has 1 amide bonds. The second-order valence-electron chi connectivity index (χ2n) is 7.46. The molecule has 9 heteroatoms. The van der Waals surface area contributed by atoms with Crippen LogP contribution in [0, 0.1) is 6.92 Å². The molecular formula is C21H34F3N3O3. The first-order chi connectivity index (χ1) is 13.9. The van der Waals surface area contributed by atoms with Gasteiger partial charge in [-0.05, 0) is 39.3 Å². The molecule has 172 valence electrons. The van der Waals surface area contributed by atoms with Gasteiger partial charge in [-0.25, -0.2) is 10.0 Å². The summed E-state index contributed by atoms with van der Waals surface area (Å²) in [6.07, 6.45) is -2.12. The first-order valence-corrected chi connectivity index (χ1v) is 10.2. The molecule has 1 aromatic heterocycles. The number of hydrogen-bond donors (Lipinski definition) is 2. The number of rotatable bonds is 11. The van der Waals surface area contributed by atoms with Gasteiger partial charge in [0, 0.05) is 37.8 Å². The molecule has 1 aromatic rings. The van der Waals surface area contributed by atoms with Crippen molar-refractivity contribution in [1.29, 1.82) is 0 Å². The lowest BCUT2D eigenvalue weighted by molar-refractivity contribution is -0.154. The Balaban J connectivity index is 2.81. The van der Waals surface area contributed by atoms with Crippen LogP contribution in [0.1, 0.15) is 57.6 Å². The molecule has 1 heterocycles. The number of hydrogen-bond acceptors (Lipinski definition) is 5. The van der Waals surface area contributed by atoms with E-state index in [0.29, 0.717) is 0 Å². The normalized spacial score (nSPS) is 15.0. The van der Waals surface area contributed by atoms with Crippen LogP contribution >= 0.6 is 0 Å². The highest BCUT2D eigenvalue weighted by molar-refractivity contribution is 5.92. The van der Waals surface area contributed by atoms with E-state index in [1.165, 1.54) is 26.0 Å². The van der Waals surface area contributed by atoms with E-state index in [0.717, 1.165) is 25.9 Å². The van der Waals surface area contributed by atoms with Gasteiger partial charge in [-0.1, -0.05) is 20.3 Å². The predicted octanol–water partition coefficient (Wildman–Crippen LogP) is 3.89. The number of halogens is 3. The van der Waals surface area contributed by atoms with Crippen molar-refractivity contribution in [2.24, 2.45) is 0 Å². The van der Waals surface area contributed by atoms with E-state index < -0.39 is 23.9 Å². The summed E-state index contributed by atoms with van der Waals surface area (Å²) in [5, 5.41) is 17.1. The van der Waals surface area contributed by atoms with E-state index in [1.54, 1.807) is 0 Å². The standard InChI is InChI=1S/C21H34F3N3O3/c1-7-9-10-27(26(6)8-2)16(5)18(28)11-14(3)20(29)25-13-17-12-15(4)30-19(17)21(22,23)24/h11-12,16,18,28H,7-10,13H2,1-6H3,(H,25,29). The summed E-state index contributed by atoms with van der Waals surface area (Å²) in [6.45, 7) is 10.1. The van der Waals surface area contributed by atoms with E-state index in [2.05, 4.69) is 17.2 Å². The molecule has 30 heavy (non-hydrogen) atoms. The van der Waals surface area contributed by atoms with E-state index in [-0.39, 0.29) is 29.5 Å². The number of hydrazine groups is 1. The third-order valence-electron chi connectivity index (χ3n) is 5.01. The van der Waals surface area contributed by atoms with Crippen molar-refractivity contribution in [3.05, 3.63) is 34.8 Å². The number of nitrogens with one attached hydrogen (secondary N) is 1. The molecule has 0 bridgehead atoms. The zero-order chi connectivity index (χ0) is 23.1. The zero-order valence-electron chi connectivity index (χ0n) is 18.6. The second kappa shape index (κ2) is 11.5. The summed E-state index contributed by atoms with van der Waals surface area (Å²) in [7, 11) is 1.94. The van der Waals surface area contributed by atoms with Gasteiger partial charge in [0.05, 0.1) is 12.1 Å². The van der Waals surface area contributed by atoms with Crippen molar-refractivity contribution in [3.63, 3.8) is 0 Å². The van der Waals surface area contributed by atoms with Crippen LogP contribution in [0.15, 0.2) is 22.1 Å². The Bertz CT molecular complexity index is 716. The van der Waals surface area contributed by atoms with E-state index in [9.17, 15) is 23.1 Å². The van der Waals surface area contributed by atoms with Crippen molar-refractivity contribution in [2.75, 3.05) is 20.1 Å². The lowest BCUT2D eigenvalue weighted by atomic mass is 10.1. The minimum absolute atomic E-state index is 0.121. The number of amides is 1. The third-order valence-corrected chi connectivity index (χ3v) is 5.01. The lowest BCUT2D eigenvalue weighted by Crippen LogP contribution is -2.50. The van der Waals surface area contributed by atoms with Crippen LogP contribution in [0.25, 0.3) is 0 Å². The number of aliphatic hydroxyl groups excluding tert-OH is 1. The van der Waals surface area contributed by atoms with Crippen molar-refractivity contribution < 1.29 is 27.5 Å². The molecule has 2 atom stereocenters. The van der Waals surface area contributed by atoms with E-state index in [1.807, 2.05) is 25.9 Å². The van der Waals surface area contributed by atoms with Crippen LogP contribution < -0.4 is 5.32 Å². The Morgan fingerprint density at radius 3 is 2.53 bits per heavy atom. The highest BCUT2D eigenvalue weighted by atomic mass is 19.4. The molecule has 0 aliphatic carbocycles. The smallest absolute Gasteiger partial charge is 0.449 e. The molecule has 2 N–H and O–H groups in total. The maximum absolute atomic E-state index is 13.0. The van der Waals surface area contributed by atoms with E-state index >= 15 is 0 Å². The fraction of sp³-hybridized carbons (Fsp3) is 0.667. The van der Waals surface area contributed by atoms with Crippen LogP contribution in [-0.4, -0.2) is 53.3 Å². The fourth-order valence-corrected chi connectivity index (χ4v) is 3.09. The average molecular weight is 434 g/mol. The molecule has 0 aromatic carbocycles. The maximum Gasteiger partial charge on any atom is 0.449 e. The van der Waals surface area contributed by atoms with Gasteiger partial charge in [0.15, 0.2) is 0 Å². The molecule has 2 unspecified atom stereocenters. The molecule has 0 saturated carbocycles. The maximum atomic E-state index is 13.0. The number of aryl methyl sites for hydroxylation is 1. The van der Waals surface area contributed by atoms with Crippen molar-refractivity contribution in [3.8, 4) is 0 Å². The quantitative estimate of drug-likeness (QED) is 0.409. The number of furan rings is 1. The minimum atomic E-state index is -4.63. The minimum Gasteiger partial charge on any atom is -0.456 e. The molecule has 1 rings (SSSR count). The monoisotopic (exact) mass is 433 g/mol. The fourth-order valence-electron chi connectivity index (χ4n) is 3.09. The zero-order valence-corrected chi connectivity index (χ0v) is 18.6. The highest BCUT2D eigenvalue weighted by Gasteiger charge is 2.38. The van der Waals surface area contributed by atoms with Crippen LogP contribution in [0.2, 0.25) is 0 Å². The second-order valence-corrected chi connectivity index (χ2v) is 7.46. The largest absolute Gasteiger partial charge is 0.456 e. The SMILES string of the molecule is CCCCN(C(C)C(O)C=C(C)C(=O)NCc1cc(C)oc1C(F)(F)F)N(C)CC. The molecule has 0 aliphatic rings. The Hall–Kier alpha value is -1.84. The third kappa shape index (κ3) is 7.45. The number of unbranched alkanes of at least 4 members (excludes halogenated alkanes) is 1. The number of aliphatic hydroxyl groups is 1. The summed E-state index contributed by atoms with van der Waals surface area (Å²) in [4.78, 5) is 12.3. The van der Waals surface area contributed by atoms with Gasteiger partial charge >= 0.3 is 6.18 Å². The van der Waals surface area contributed by atoms with Crippen molar-refractivity contribution in [2.45, 2.75) is 72.3 Å². The molecule has 0 fully saturated rings. The van der Waals surface area contributed by atoms with Crippen LogP contribution in [0.4, 0.5) is 13.2 Å². The van der Waals surface area contributed by atoms with Gasteiger partial charge in [-0.15, -0.1) is 0 Å². The number of carbonyl (C=O) groups excluding carboxylic acids is 1. The first-order valence-electron chi connectivity index (χ1n) is 10.2. The van der Waals surface area contributed by atoms with Gasteiger partial charge in [0.2, 0.25) is 11.7 Å². The van der Waals surface area contributed by atoms with Gasteiger partial charge in [-0.2, -0.15) is 13.2 Å². The van der Waals surface area contributed by atoms with Crippen LogP contribution in [-0.2, 0) is 17.5 Å². The van der Waals surface area contributed by atoms with E-state index in [4.69, 9.17) is 4.42 Å². The highest BCUT2D eigenvalue weighted by Crippen LogP contribution is 2.34. The summed E-state index contributed by atoms with van der Waals surface area (Å²) >= 11 is 0. The molecule has 0 radical (unpaired) electrons. The van der Waals surface area contributed by atoms with Gasteiger partial charge < -0.3 is 14.8 Å². The topological polar surface area (TPSA) is 69.0 Å². The van der Waals surface area contributed by atoms with Crippen molar-refractivity contribution in [1.82, 2.24) is 15.3 Å². The molecule has 0 saturated heterocycles. The van der Waals surface area contributed by atoms with Gasteiger partial charge in [0.1, 0.15) is 5.76 Å². The first kappa shape index (κ1) is 26.2. The number of carbonyl (C=O) groups is 1. The molecule has 0 spiro atoms. The Kier molecular flexibility index (Phi) is 10.1. The molecule has 0 aliphatic heterocycles. The van der Waals surface area contributed by atoms with Crippen LogP contribution in [0.3, 0.4) is 0 Å². The molecule has 6 nitrogen and oxygen atoms in total. The predicted molar refractivity (Wildman–Crippen MR) is 109 cm³/mol. The summed E-state index contributed by atoms with van der Waals surface area (Å²) in [5.74, 6) is -1.53. The Labute approximate surface area is 176 Å². The van der Waals surface area contributed by atoms with Gasteiger partial charge in [-0.3, -0.25) is 4.79 Å². The van der Waals surface area contributed by atoms with Gasteiger partial charge in [0.25, 0.3) is 0 Å². The summed E-state index contributed by atoms with van der Waals surface area (Å²) in [6, 6.07) is 0.989. The molecular weight excluding hydrogens is 399 g/mol. The number of nitrogens with zero attached hydrogens (tertiary/aromatic N) is 2. The Morgan fingerprint density at radius 1 is 1.37 bits per heavy atom. The summed E-state index contributed by atoms with van der Waals surface area (Å²) in [5.41, 5.74) is 0.100. The Morgan fingerprint density at radius 2 is 2.00 bits per heavy atom.